The second-order valence-corrected chi connectivity index (χ2v) is 18.3. The minimum atomic E-state index is -0.248. The van der Waals surface area contributed by atoms with Crippen molar-refractivity contribution in [3.63, 3.8) is 0 Å². The molecule has 0 spiro atoms. The number of nitrogens with zero attached hydrogens (tertiary/aromatic N) is 2. The zero-order chi connectivity index (χ0) is 43.6. The highest BCUT2D eigenvalue weighted by molar-refractivity contribution is 6.12. The number of hydrogen-bond donors (Lipinski definition) is 0. The van der Waals surface area contributed by atoms with Gasteiger partial charge in [0.05, 0.1) is 11.4 Å². The average Bonchev–Trinajstić information content (AvgIpc) is 3.97. The molecule has 10 aromatic carbocycles. The molecule has 4 nitrogen and oxygen atoms in total. The molecule has 0 aliphatic heterocycles. The summed E-state index contributed by atoms with van der Waals surface area (Å²) in [5, 5.41) is 9.36. The van der Waals surface area contributed by atoms with E-state index in [0.29, 0.717) is 0 Å². The summed E-state index contributed by atoms with van der Waals surface area (Å²) in [6.45, 7) is 9.09. The van der Waals surface area contributed by atoms with E-state index in [2.05, 4.69) is 219 Å². The van der Waals surface area contributed by atoms with Crippen LogP contribution >= 0.6 is 0 Å². The summed E-state index contributed by atoms with van der Waals surface area (Å²) in [4.78, 5) is 4.70. The maximum absolute atomic E-state index is 6.63. The van der Waals surface area contributed by atoms with E-state index in [1.807, 2.05) is 12.1 Å². The van der Waals surface area contributed by atoms with Crippen molar-refractivity contribution in [3.8, 4) is 11.1 Å². The number of aryl methyl sites for hydroxylation is 2. The van der Waals surface area contributed by atoms with E-state index < -0.39 is 0 Å². The Balaban J connectivity index is 0.939. The monoisotopic (exact) mass is 836 g/mol. The second-order valence-electron chi connectivity index (χ2n) is 18.3. The van der Waals surface area contributed by atoms with E-state index in [9.17, 15) is 0 Å². The van der Waals surface area contributed by atoms with Gasteiger partial charge >= 0.3 is 0 Å². The van der Waals surface area contributed by atoms with Crippen molar-refractivity contribution in [2.45, 2.75) is 33.1 Å². The predicted molar refractivity (Wildman–Crippen MR) is 272 cm³/mol. The first-order valence-corrected chi connectivity index (χ1v) is 22.5. The van der Waals surface area contributed by atoms with Crippen molar-refractivity contribution in [3.05, 3.63) is 216 Å². The van der Waals surface area contributed by atoms with E-state index in [4.69, 9.17) is 8.83 Å². The van der Waals surface area contributed by atoms with Crippen LogP contribution in [0.25, 0.3) is 76.5 Å². The molecule has 65 heavy (non-hydrogen) atoms. The fourth-order valence-electron chi connectivity index (χ4n) is 10.9. The van der Waals surface area contributed by atoms with Crippen LogP contribution in [0.3, 0.4) is 0 Å². The summed E-state index contributed by atoms with van der Waals surface area (Å²) in [5.41, 5.74) is 17.4. The van der Waals surface area contributed by atoms with E-state index in [-0.39, 0.29) is 5.41 Å². The van der Waals surface area contributed by atoms with Gasteiger partial charge in [-0.25, -0.2) is 0 Å². The number of para-hydroxylation sites is 4. The standard InChI is InChI=1S/C61H44N2O2/c1-37-13-9-15-42(31-37)62(54-21-11-19-50-47-17-5-7-23-56(47)64-59(50)54)44-27-25-39-35-52-49-29-26-40-33-45(28-30-46(40)58(49)61(3,4)53(52)36-41(39)34-44)63(43-16-10-14-38(2)32-43)55-22-12-20-51-48-18-6-8-24-57(48)65-60(51)55/h5-36H,1-4H3. The first-order valence-electron chi connectivity index (χ1n) is 22.5. The SMILES string of the molecule is Cc1cccc(N(c2ccc3cc4c(cc3c2)C(C)(C)c2c-4ccc3cc(N(c4cccc(C)c4)c4cccc5c4oc4ccccc45)ccc23)c2cccc3c2oc2ccccc23)c1. The maximum Gasteiger partial charge on any atom is 0.159 e. The number of hydrogen-bond acceptors (Lipinski definition) is 4. The van der Waals surface area contributed by atoms with E-state index in [0.717, 1.165) is 78.0 Å². The van der Waals surface area contributed by atoms with Crippen LogP contribution in [0, 0.1) is 13.8 Å². The van der Waals surface area contributed by atoms with Crippen molar-refractivity contribution in [2.75, 3.05) is 9.80 Å². The number of rotatable bonds is 6. The molecule has 0 fully saturated rings. The van der Waals surface area contributed by atoms with Gasteiger partial charge in [0, 0.05) is 49.7 Å². The van der Waals surface area contributed by atoms with Crippen molar-refractivity contribution < 1.29 is 8.83 Å². The molecule has 2 aromatic heterocycles. The maximum atomic E-state index is 6.63. The molecule has 0 amide bonds. The number of benzene rings is 10. The number of fused-ring (bicyclic) bond motifs is 12. The first-order chi connectivity index (χ1) is 31.8. The Morgan fingerprint density at radius 3 is 1.48 bits per heavy atom. The average molecular weight is 837 g/mol. The molecule has 2 heterocycles. The van der Waals surface area contributed by atoms with Gasteiger partial charge in [-0.3, -0.25) is 0 Å². The predicted octanol–water partition coefficient (Wildman–Crippen LogP) is 17.7. The topological polar surface area (TPSA) is 32.8 Å². The molecule has 1 aliphatic rings. The molecular weight excluding hydrogens is 793 g/mol. The number of furan rings is 2. The molecule has 0 N–H and O–H groups in total. The van der Waals surface area contributed by atoms with Crippen LogP contribution in [-0.2, 0) is 5.41 Å². The molecule has 0 radical (unpaired) electrons. The fourth-order valence-corrected chi connectivity index (χ4v) is 10.9. The molecule has 13 rings (SSSR count). The van der Waals surface area contributed by atoms with Crippen molar-refractivity contribution in [2.24, 2.45) is 0 Å². The third-order valence-electron chi connectivity index (χ3n) is 13.8. The highest BCUT2D eigenvalue weighted by atomic mass is 16.3. The lowest BCUT2D eigenvalue weighted by Crippen LogP contribution is -2.16. The summed E-state index contributed by atoms with van der Waals surface area (Å²) in [6, 6.07) is 70.4. The normalized spacial score (nSPS) is 13.0. The largest absolute Gasteiger partial charge is 0.454 e. The summed E-state index contributed by atoms with van der Waals surface area (Å²) in [7, 11) is 0. The summed E-state index contributed by atoms with van der Waals surface area (Å²) >= 11 is 0. The summed E-state index contributed by atoms with van der Waals surface area (Å²) < 4.78 is 13.3. The van der Waals surface area contributed by atoms with Gasteiger partial charge in [-0.15, -0.1) is 0 Å². The third kappa shape index (κ3) is 5.70. The summed E-state index contributed by atoms with van der Waals surface area (Å²) in [5.74, 6) is 0. The Bertz CT molecular complexity index is 3920. The molecule has 12 aromatic rings. The van der Waals surface area contributed by atoms with Gasteiger partial charge in [0.1, 0.15) is 11.2 Å². The highest BCUT2D eigenvalue weighted by Gasteiger charge is 2.37. The highest BCUT2D eigenvalue weighted by Crippen LogP contribution is 2.54. The Morgan fingerprint density at radius 2 is 0.877 bits per heavy atom. The quantitative estimate of drug-likeness (QED) is 0.167. The lowest BCUT2D eigenvalue weighted by molar-refractivity contribution is 0.667. The van der Waals surface area contributed by atoms with Crippen molar-refractivity contribution in [1.29, 1.82) is 0 Å². The first kappa shape index (κ1) is 37.5. The Morgan fingerprint density at radius 1 is 0.369 bits per heavy atom. The van der Waals surface area contributed by atoms with Crippen LogP contribution in [-0.4, -0.2) is 0 Å². The second kappa shape index (κ2) is 14.0. The molecule has 4 heteroatoms. The van der Waals surface area contributed by atoms with Crippen molar-refractivity contribution >= 4 is 99.5 Å². The molecule has 0 saturated heterocycles. The van der Waals surface area contributed by atoms with Gasteiger partial charge in [-0.05, 0) is 154 Å². The zero-order valence-corrected chi connectivity index (χ0v) is 36.7. The van der Waals surface area contributed by atoms with Crippen LogP contribution < -0.4 is 9.80 Å². The Labute approximate surface area is 377 Å². The third-order valence-corrected chi connectivity index (χ3v) is 13.8. The molecular formula is C61H44N2O2. The lowest BCUT2D eigenvalue weighted by Gasteiger charge is -2.27. The summed E-state index contributed by atoms with van der Waals surface area (Å²) in [6.07, 6.45) is 0. The van der Waals surface area contributed by atoms with Crippen LogP contribution in [0.15, 0.2) is 203 Å². The van der Waals surface area contributed by atoms with Crippen molar-refractivity contribution in [1.82, 2.24) is 0 Å². The Hall–Kier alpha value is -8.08. The van der Waals surface area contributed by atoms with Crippen LogP contribution in [0.1, 0.15) is 36.1 Å². The van der Waals surface area contributed by atoms with Gasteiger partial charge in [0.2, 0.25) is 0 Å². The van der Waals surface area contributed by atoms with E-state index in [1.54, 1.807) is 0 Å². The zero-order valence-electron chi connectivity index (χ0n) is 36.7. The molecule has 0 unspecified atom stereocenters. The van der Waals surface area contributed by atoms with Crippen LogP contribution in [0.5, 0.6) is 0 Å². The molecule has 0 bridgehead atoms. The van der Waals surface area contributed by atoms with Gasteiger partial charge in [0.25, 0.3) is 0 Å². The van der Waals surface area contributed by atoms with E-state index >= 15 is 0 Å². The Kier molecular flexibility index (Phi) is 8.05. The van der Waals surface area contributed by atoms with Crippen LogP contribution in [0.4, 0.5) is 34.1 Å². The van der Waals surface area contributed by atoms with Crippen LogP contribution in [0.2, 0.25) is 0 Å². The van der Waals surface area contributed by atoms with Gasteiger partial charge in [-0.1, -0.05) is 123 Å². The van der Waals surface area contributed by atoms with E-state index in [1.165, 1.54) is 54.9 Å². The van der Waals surface area contributed by atoms with Gasteiger partial charge in [-0.2, -0.15) is 0 Å². The molecule has 0 atom stereocenters. The molecule has 1 aliphatic carbocycles. The molecule has 0 saturated carbocycles. The lowest BCUT2D eigenvalue weighted by atomic mass is 9.79. The van der Waals surface area contributed by atoms with Gasteiger partial charge < -0.3 is 18.6 Å². The fraction of sp³-hybridized carbons (Fsp3) is 0.0820. The smallest absolute Gasteiger partial charge is 0.159 e. The minimum Gasteiger partial charge on any atom is -0.454 e. The number of anilines is 6. The molecule has 310 valence electrons. The minimum absolute atomic E-state index is 0.248. The van der Waals surface area contributed by atoms with Gasteiger partial charge in [0.15, 0.2) is 11.2 Å².